The third-order valence-electron chi connectivity index (χ3n) is 1.77. The Morgan fingerprint density at radius 2 is 2.00 bits per heavy atom. The van der Waals surface area contributed by atoms with Crippen molar-refractivity contribution in [3.63, 3.8) is 0 Å². The number of alkyl halides is 3. The number of aromatic nitrogens is 1. The van der Waals surface area contributed by atoms with Crippen molar-refractivity contribution < 1.29 is 17.9 Å². The molecular weight excluding hydrogens is 195 g/mol. The van der Waals surface area contributed by atoms with Crippen molar-refractivity contribution >= 4 is 0 Å². The van der Waals surface area contributed by atoms with Gasteiger partial charge in [0, 0.05) is 24.6 Å². The second-order valence-corrected chi connectivity index (χ2v) is 2.89. The molecule has 0 aromatic carbocycles. The predicted octanol–water partition coefficient (Wildman–Crippen LogP) is 2.64. The summed E-state index contributed by atoms with van der Waals surface area (Å²) >= 11 is 0. The van der Waals surface area contributed by atoms with Crippen LogP contribution in [0.1, 0.15) is 17.4 Å². The van der Waals surface area contributed by atoms with Gasteiger partial charge in [0.15, 0.2) is 6.10 Å². The van der Waals surface area contributed by atoms with Gasteiger partial charge in [-0.15, -0.1) is 0 Å². The van der Waals surface area contributed by atoms with Crippen molar-refractivity contribution in [1.29, 1.82) is 0 Å². The van der Waals surface area contributed by atoms with Crippen LogP contribution in [0.5, 0.6) is 0 Å². The summed E-state index contributed by atoms with van der Waals surface area (Å²) < 4.78 is 41.4. The Labute approximate surface area is 79.7 Å². The van der Waals surface area contributed by atoms with Crippen molar-refractivity contribution in [2.75, 3.05) is 7.11 Å². The monoisotopic (exact) mass is 205 g/mol. The van der Waals surface area contributed by atoms with Gasteiger partial charge in [-0.1, -0.05) is 6.07 Å². The molecule has 0 saturated carbocycles. The van der Waals surface area contributed by atoms with Crippen molar-refractivity contribution in [2.45, 2.75) is 19.2 Å². The maximum Gasteiger partial charge on any atom is 0.418 e. The summed E-state index contributed by atoms with van der Waals surface area (Å²) in [4.78, 5) is 3.78. The van der Waals surface area contributed by atoms with Gasteiger partial charge >= 0.3 is 6.18 Å². The van der Waals surface area contributed by atoms with Crippen LogP contribution in [-0.4, -0.2) is 18.3 Å². The third kappa shape index (κ3) is 2.45. The van der Waals surface area contributed by atoms with Gasteiger partial charge in [0.2, 0.25) is 0 Å². The van der Waals surface area contributed by atoms with Crippen molar-refractivity contribution in [3.8, 4) is 0 Å². The van der Waals surface area contributed by atoms with Crippen LogP contribution in [0.15, 0.2) is 18.3 Å². The van der Waals surface area contributed by atoms with Gasteiger partial charge in [0.05, 0.1) is 0 Å². The van der Waals surface area contributed by atoms with Crippen LogP contribution in [0.25, 0.3) is 0 Å². The van der Waals surface area contributed by atoms with Gasteiger partial charge in [-0.2, -0.15) is 13.2 Å². The first-order valence-electron chi connectivity index (χ1n) is 3.97. The molecule has 0 radical (unpaired) electrons. The first kappa shape index (κ1) is 11.0. The zero-order chi connectivity index (χ0) is 10.8. The fraction of sp³-hybridized carbons (Fsp3) is 0.444. The number of aryl methyl sites for hydroxylation is 1. The maximum absolute atomic E-state index is 12.4. The van der Waals surface area contributed by atoms with E-state index in [4.69, 9.17) is 0 Å². The Kier molecular flexibility index (Phi) is 3.10. The second-order valence-electron chi connectivity index (χ2n) is 2.89. The number of nitrogens with zero attached hydrogens (tertiary/aromatic N) is 1. The highest BCUT2D eigenvalue weighted by atomic mass is 19.4. The molecule has 0 bridgehead atoms. The van der Waals surface area contributed by atoms with Crippen molar-refractivity contribution in [1.82, 2.24) is 4.98 Å². The van der Waals surface area contributed by atoms with Gasteiger partial charge in [-0.25, -0.2) is 0 Å². The normalized spacial score (nSPS) is 14.1. The minimum Gasteiger partial charge on any atom is -0.367 e. The van der Waals surface area contributed by atoms with E-state index in [2.05, 4.69) is 9.72 Å². The van der Waals surface area contributed by atoms with E-state index in [9.17, 15) is 13.2 Å². The summed E-state index contributed by atoms with van der Waals surface area (Å²) in [5.74, 6) is 0. The molecule has 0 amide bonds. The molecular formula is C9H10F3NO. The van der Waals surface area contributed by atoms with E-state index in [0.717, 1.165) is 7.11 Å². The minimum atomic E-state index is -4.40. The zero-order valence-electron chi connectivity index (χ0n) is 7.80. The Balaban J connectivity index is 2.96. The number of hydrogen-bond donors (Lipinski definition) is 0. The Morgan fingerprint density at radius 1 is 1.36 bits per heavy atom. The Morgan fingerprint density at radius 3 is 2.36 bits per heavy atom. The molecule has 1 atom stereocenters. The molecule has 0 aliphatic heterocycles. The molecule has 0 unspecified atom stereocenters. The fourth-order valence-corrected chi connectivity index (χ4v) is 1.09. The van der Waals surface area contributed by atoms with Crippen LogP contribution in [0.3, 0.4) is 0 Å². The third-order valence-corrected chi connectivity index (χ3v) is 1.77. The summed E-state index contributed by atoms with van der Waals surface area (Å²) in [6, 6.07) is 2.89. The molecule has 0 spiro atoms. The summed E-state index contributed by atoms with van der Waals surface area (Å²) in [5, 5.41) is 0. The van der Waals surface area contributed by atoms with E-state index in [-0.39, 0.29) is 5.56 Å². The van der Waals surface area contributed by atoms with Gasteiger partial charge in [0.25, 0.3) is 0 Å². The molecule has 0 aliphatic rings. The van der Waals surface area contributed by atoms with Crippen LogP contribution in [0, 0.1) is 6.92 Å². The molecule has 5 heteroatoms. The lowest BCUT2D eigenvalue weighted by Crippen LogP contribution is -2.22. The maximum atomic E-state index is 12.4. The Bertz CT molecular complexity index is 294. The lowest BCUT2D eigenvalue weighted by Gasteiger charge is -2.18. The van der Waals surface area contributed by atoms with Crippen LogP contribution >= 0.6 is 0 Å². The quantitative estimate of drug-likeness (QED) is 0.740. The number of methoxy groups -OCH3 is 1. The first-order chi connectivity index (χ1) is 6.45. The van der Waals surface area contributed by atoms with E-state index in [0.29, 0.717) is 5.69 Å². The summed E-state index contributed by atoms with van der Waals surface area (Å²) in [5.41, 5.74) is 0.691. The highest BCUT2D eigenvalue weighted by Crippen LogP contribution is 2.34. The number of rotatable bonds is 2. The van der Waals surface area contributed by atoms with E-state index < -0.39 is 12.3 Å². The smallest absolute Gasteiger partial charge is 0.367 e. The molecule has 1 rings (SSSR count). The van der Waals surface area contributed by atoms with Crippen LogP contribution in [0.2, 0.25) is 0 Å². The molecule has 1 aromatic heterocycles. The highest BCUT2D eigenvalue weighted by molar-refractivity contribution is 5.17. The molecule has 78 valence electrons. The van der Waals surface area contributed by atoms with Crippen LogP contribution < -0.4 is 0 Å². The molecule has 0 saturated heterocycles. The summed E-state index contributed by atoms with van der Waals surface area (Å²) in [6.07, 6.45) is -5.11. The zero-order valence-corrected chi connectivity index (χ0v) is 7.80. The van der Waals surface area contributed by atoms with E-state index >= 15 is 0 Å². The van der Waals surface area contributed by atoms with Crippen LogP contribution in [0.4, 0.5) is 13.2 Å². The van der Waals surface area contributed by atoms with E-state index in [1.807, 2.05) is 0 Å². The molecule has 1 heterocycles. The number of hydrogen-bond acceptors (Lipinski definition) is 2. The van der Waals surface area contributed by atoms with Gasteiger partial charge in [-0.05, 0) is 13.0 Å². The topological polar surface area (TPSA) is 22.1 Å². The lowest BCUT2D eigenvalue weighted by atomic mass is 10.1. The van der Waals surface area contributed by atoms with Gasteiger partial charge < -0.3 is 4.74 Å². The second kappa shape index (κ2) is 3.96. The van der Waals surface area contributed by atoms with Gasteiger partial charge in [-0.3, -0.25) is 4.98 Å². The molecule has 0 N–H and O–H groups in total. The fourth-order valence-electron chi connectivity index (χ4n) is 1.09. The average Bonchev–Trinajstić information content (AvgIpc) is 2.07. The van der Waals surface area contributed by atoms with Crippen molar-refractivity contribution in [3.05, 3.63) is 29.6 Å². The largest absolute Gasteiger partial charge is 0.418 e. The number of halogens is 3. The Hall–Kier alpha value is -1.10. The van der Waals surface area contributed by atoms with Crippen molar-refractivity contribution in [2.24, 2.45) is 0 Å². The summed E-state index contributed by atoms with van der Waals surface area (Å²) in [6.45, 7) is 1.71. The van der Waals surface area contributed by atoms with E-state index in [1.54, 1.807) is 6.92 Å². The SMILES string of the molecule is CO[C@@H](c1ccc(C)nc1)C(F)(F)F. The van der Waals surface area contributed by atoms with E-state index in [1.165, 1.54) is 18.3 Å². The predicted molar refractivity (Wildman–Crippen MR) is 44.8 cm³/mol. The summed E-state index contributed by atoms with van der Waals surface area (Å²) in [7, 11) is 1.03. The molecule has 1 aromatic rings. The molecule has 0 fully saturated rings. The number of pyridine rings is 1. The standard InChI is InChI=1S/C9H10F3NO/c1-6-3-4-7(5-13-6)8(14-2)9(10,11)12/h3-5,8H,1-2H3/t8-/m0/s1. The van der Waals surface area contributed by atoms with Gasteiger partial charge in [0.1, 0.15) is 0 Å². The highest BCUT2D eigenvalue weighted by Gasteiger charge is 2.41. The lowest BCUT2D eigenvalue weighted by molar-refractivity contribution is -0.216. The van der Waals surface area contributed by atoms with Crippen LogP contribution in [-0.2, 0) is 4.74 Å². The molecule has 14 heavy (non-hydrogen) atoms. The minimum absolute atomic E-state index is 0.0191. The average molecular weight is 205 g/mol. The molecule has 2 nitrogen and oxygen atoms in total. The number of ether oxygens (including phenoxy) is 1. The first-order valence-corrected chi connectivity index (χ1v) is 3.97. The molecule has 0 aliphatic carbocycles.